The SMILES string of the molecule is NC(=O)[C@H]1CCN(C(=O)N2CC3(CCN(c4ccc(Cl)cc4F)CC3)C2)C1. The predicted octanol–water partition coefficient (Wildman–Crippen LogP) is 2.31. The molecule has 3 aliphatic rings. The largest absolute Gasteiger partial charge is 0.369 e. The molecule has 0 aromatic heterocycles. The van der Waals surface area contributed by atoms with Gasteiger partial charge in [-0.3, -0.25) is 4.79 Å². The molecular weight excluding hydrogens is 371 g/mol. The number of primary amides is 1. The van der Waals surface area contributed by atoms with Crippen LogP contribution in [0.1, 0.15) is 19.3 Å². The minimum absolute atomic E-state index is 0.00977. The molecule has 1 aromatic rings. The smallest absolute Gasteiger partial charge is 0.320 e. The van der Waals surface area contributed by atoms with Crippen LogP contribution in [0.2, 0.25) is 5.02 Å². The van der Waals surface area contributed by atoms with Gasteiger partial charge in [0.25, 0.3) is 0 Å². The molecule has 0 bridgehead atoms. The Morgan fingerprint density at radius 2 is 1.85 bits per heavy atom. The summed E-state index contributed by atoms with van der Waals surface area (Å²) in [6, 6.07) is 4.80. The highest BCUT2D eigenvalue weighted by Gasteiger charge is 2.48. The van der Waals surface area contributed by atoms with Crippen molar-refractivity contribution in [1.82, 2.24) is 9.80 Å². The molecule has 3 heterocycles. The van der Waals surface area contributed by atoms with E-state index in [1.54, 1.807) is 17.0 Å². The lowest BCUT2D eigenvalue weighted by Gasteiger charge is -2.54. The molecule has 1 aromatic carbocycles. The number of hydrogen-bond acceptors (Lipinski definition) is 3. The average molecular weight is 395 g/mol. The number of anilines is 1. The van der Waals surface area contributed by atoms with Gasteiger partial charge in [0.05, 0.1) is 11.6 Å². The molecule has 8 heteroatoms. The Morgan fingerprint density at radius 3 is 2.44 bits per heavy atom. The van der Waals surface area contributed by atoms with E-state index in [-0.39, 0.29) is 29.1 Å². The first-order valence-corrected chi connectivity index (χ1v) is 9.78. The summed E-state index contributed by atoms with van der Waals surface area (Å²) in [5.41, 5.74) is 6.08. The number of benzene rings is 1. The van der Waals surface area contributed by atoms with Gasteiger partial charge < -0.3 is 20.4 Å². The number of carbonyl (C=O) groups is 2. The van der Waals surface area contributed by atoms with E-state index >= 15 is 0 Å². The highest BCUT2D eigenvalue weighted by Crippen LogP contribution is 2.42. The van der Waals surface area contributed by atoms with E-state index in [1.165, 1.54) is 6.07 Å². The van der Waals surface area contributed by atoms with E-state index in [4.69, 9.17) is 17.3 Å². The zero-order chi connectivity index (χ0) is 19.2. The third kappa shape index (κ3) is 3.45. The number of nitrogens with zero attached hydrogens (tertiary/aromatic N) is 3. The molecule has 3 fully saturated rings. The summed E-state index contributed by atoms with van der Waals surface area (Å²) in [6.07, 6.45) is 2.52. The zero-order valence-corrected chi connectivity index (χ0v) is 15.9. The van der Waals surface area contributed by atoms with Crippen molar-refractivity contribution in [2.24, 2.45) is 17.1 Å². The third-order valence-corrected chi connectivity index (χ3v) is 6.49. The Kier molecular flexibility index (Phi) is 4.66. The van der Waals surface area contributed by atoms with Crippen molar-refractivity contribution in [1.29, 1.82) is 0 Å². The van der Waals surface area contributed by atoms with Gasteiger partial charge in [-0.1, -0.05) is 11.6 Å². The van der Waals surface area contributed by atoms with Crippen LogP contribution in [0.5, 0.6) is 0 Å². The quantitative estimate of drug-likeness (QED) is 0.836. The standard InChI is InChI=1S/C19H24ClFN4O2/c20-14-1-2-16(15(21)9-14)23-7-4-19(5-8-23)11-25(12-19)18(27)24-6-3-13(10-24)17(22)26/h1-2,9,13H,3-8,10-12H2,(H2,22,26)/t13-/m0/s1. The highest BCUT2D eigenvalue weighted by molar-refractivity contribution is 6.30. The number of urea groups is 1. The van der Waals surface area contributed by atoms with Gasteiger partial charge in [0.1, 0.15) is 5.82 Å². The second-order valence-corrected chi connectivity index (χ2v) is 8.49. The monoisotopic (exact) mass is 394 g/mol. The summed E-state index contributed by atoms with van der Waals surface area (Å²) < 4.78 is 14.1. The van der Waals surface area contributed by atoms with E-state index in [2.05, 4.69) is 4.90 Å². The van der Waals surface area contributed by atoms with Crippen LogP contribution in [0.15, 0.2) is 18.2 Å². The van der Waals surface area contributed by atoms with E-state index in [9.17, 15) is 14.0 Å². The maximum absolute atomic E-state index is 14.1. The lowest BCUT2D eigenvalue weighted by atomic mass is 9.72. The molecule has 3 amide bonds. The fraction of sp³-hybridized carbons (Fsp3) is 0.579. The van der Waals surface area contributed by atoms with Crippen LogP contribution in [0.3, 0.4) is 0 Å². The van der Waals surface area contributed by atoms with Crippen molar-refractivity contribution >= 4 is 29.2 Å². The maximum atomic E-state index is 14.1. The van der Waals surface area contributed by atoms with Crippen molar-refractivity contribution in [3.8, 4) is 0 Å². The number of nitrogens with two attached hydrogens (primary N) is 1. The Bertz CT molecular complexity index is 758. The average Bonchev–Trinajstić information content (AvgIpc) is 3.10. The number of halogens is 2. The summed E-state index contributed by atoms with van der Waals surface area (Å²) in [4.78, 5) is 29.6. The van der Waals surface area contributed by atoms with Crippen molar-refractivity contribution in [3.05, 3.63) is 29.0 Å². The van der Waals surface area contributed by atoms with Gasteiger partial charge in [-0.2, -0.15) is 0 Å². The van der Waals surface area contributed by atoms with E-state index in [0.29, 0.717) is 30.2 Å². The molecule has 0 saturated carbocycles. The second kappa shape index (κ2) is 6.86. The van der Waals surface area contributed by atoms with E-state index in [0.717, 1.165) is 39.0 Å². The van der Waals surface area contributed by atoms with Gasteiger partial charge in [-0.15, -0.1) is 0 Å². The maximum Gasteiger partial charge on any atom is 0.320 e. The van der Waals surface area contributed by atoms with Gasteiger partial charge in [-0.25, -0.2) is 9.18 Å². The number of likely N-dealkylation sites (tertiary alicyclic amines) is 2. The van der Waals surface area contributed by atoms with Crippen molar-refractivity contribution in [3.63, 3.8) is 0 Å². The number of amides is 3. The Hall–Kier alpha value is -2.02. The summed E-state index contributed by atoms with van der Waals surface area (Å²) in [7, 11) is 0. The van der Waals surface area contributed by atoms with Gasteiger partial charge in [0.2, 0.25) is 5.91 Å². The summed E-state index contributed by atoms with van der Waals surface area (Å²) in [6.45, 7) is 4.05. The topological polar surface area (TPSA) is 69.9 Å². The van der Waals surface area contributed by atoms with Crippen LogP contribution < -0.4 is 10.6 Å². The first kappa shape index (κ1) is 18.3. The summed E-state index contributed by atoms with van der Waals surface area (Å²) in [5.74, 6) is -0.837. The lowest BCUT2D eigenvalue weighted by Crippen LogP contribution is -2.64. The molecular formula is C19H24ClFN4O2. The van der Waals surface area contributed by atoms with Crippen LogP contribution in [0, 0.1) is 17.2 Å². The normalized spacial score (nSPS) is 24.2. The number of piperidine rings is 1. The van der Waals surface area contributed by atoms with Gasteiger partial charge >= 0.3 is 6.03 Å². The van der Waals surface area contributed by atoms with Crippen LogP contribution >= 0.6 is 11.6 Å². The molecule has 0 aliphatic carbocycles. The van der Waals surface area contributed by atoms with Crippen LogP contribution in [-0.2, 0) is 4.79 Å². The van der Waals surface area contributed by atoms with Gasteiger partial charge in [-0.05, 0) is 37.5 Å². The Balaban J connectivity index is 1.30. The molecule has 3 aliphatic heterocycles. The molecule has 1 spiro atoms. The predicted molar refractivity (Wildman–Crippen MR) is 101 cm³/mol. The van der Waals surface area contributed by atoms with Crippen molar-refractivity contribution < 1.29 is 14.0 Å². The molecule has 27 heavy (non-hydrogen) atoms. The number of carbonyl (C=O) groups excluding carboxylic acids is 2. The van der Waals surface area contributed by atoms with Crippen molar-refractivity contribution in [2.75, 3.05) is 44.2 Å². The Labute approximate surface area is 163 Å². The first-order valence-electron chi connectivity index (χ1n) is 9.40. The second-order valence-electron chi connectivity index (χ2n) is 8.06. The molecule has 2 N–H and O–H groups in total. The molecule has 0 unspecified atom stereocenters. The summed E-state index contributed by atoms with van der Waals surface area (Å²) in [5, 5.41) is 0.401. The Morgan fingerprint density at radius 1 is 1.15 bits per heavy atom. The first-order chi connectivity index (χ1) is 12.9. The summed E-state index contributed by atoms with van der Waals surface area (Å²) >= 11 is 5.83. The van der Waals surface area contributed by atoms with Crippen LogP contribution in [0.4, 0.5) is 14.9 Å². The van der Waals surface area contributed by atoms with Crippen LogP contribution in [0.25, 0.3) is 0 Å². The molecule has 0 radical (unpaired) electrons. The zero-order valence-electron chi connectivity index (χ0n) is 15.2. The number of hydrogen-bond donors (Lipinski definition) is 1. The minimum Gasteiger partial charge on any atom is -0.369 e. The molecule has 146 valence electrons. The molecule has 6 nitrogen and oxygen atoms in total. The lowest BCUT2D eigenvalue weighted by molar-refractivity contribution is -0.121. The third-order valence-electron chi connectivity index (χ3n) is 6.26. The van der Waals surface area contributed by atoms with Crippen molar-refractivity contribution in [2.45, 2.75) is 19.3 Å². The highest BCUT2D eigenvalue weighted by atomic mass is 35.5. The van der Waals surface area contributed by atoms with E-state index in [1.807, 2.05) is 4.90 Å². The molecule has 3 saturated heterocycles. The number of rotatable bonds is 2. The van der Waals surface area contributed by atoms with E-state index < -0.39 is 0 Å². The van der Waals surface area contributed by atoms with Crippen LogP contribution in [-0.4, -0.2) is 61.0 Å². The fourth-order valence-electron chi connectivity index (χ4n) is 4.54. The van der Waals surface area contributed by atoms with Gasteiger partial charge in [0, 0.05) is 49.7 Å². The molecule has 1 atom stereocenters. The van der Waals surface area contributed by atoms with Gasteiger partial charge in [0.15, 0.2) is 0 Å². The minimum atomic E-state index is -0.327. The fourth-order valence-corrected chi connectivity index (χ4v) is 4.70. The molecule has 4 rings (SSSR count).